The lowest BCUT2D eigenvalue weighted by Gasteiger charge is -2.32. The molecule has 0 aliphatic heterocycles. The number of carbonyl (C=O) groups is 1. The molecule has 0 atom stereocenters. The van der Waals surface area contributed by atoms with E-state index in [0.717, 1.165) is 5.57 Å². The first-order chi connectivity index (χ1) is 11.8. The molecule has 0 unspecified atom stereocenters. The molecular formula is C22H31BrO2. The van der Waals surface area contributed by atoms with E-state index in [1.165, 1.54) is 36.0 Å². The van der Waals surface area contributed by atoms with Crippen molar-refractivity contribution in [3.8, 4) is 0 Å². The third-order valence-corrected chi connectivity index (χ3v) is 4.99. The Bertz CT molecular complexity index is 616. The highest BCUT2D eigenvalue weighted by atomic mass is 79.9. The second-order valence-electron chi connectivity index (χ2n) is 7.30. The van der Waals surface area contributed by atoms with Gasteiger partial charge in [0.2, 0.25) is 0 Å². The first-order valence-corrected chi connectivity index (χ1v) is 10.00. The van der Waals surface area contributed by atoms with Crippen molar-refractivity contribution in [1.82, 2.24) is 0 Å². The molecule has 0 spiro atoms. The molecule has 0 bridgehead atoms. The largest absolute Gasteiger partial charge is 0.461 e. The Balaban J connectivity index is 2.63. The summed E-state index contributed by atoms with van der Waals surface area (Å²) in [5.74, 6) is -0.246. The molecule has 1 aliphatic carbocycles. The van der Waals surface area contributed by atoms with E-state index >= 15 is 0 Å². The fourth-order valence-electron chi connectivity index (χ4n) is 3.01. The molecule has 0 heterocycles. The van der Waals surface area contributed by atoms with Gasteiger partial charge >= 0.3 is 5.97 Å². The molecule has 0 saturated carbocycles. The van der Waals surface area contributed by atoms with Crippen LogP contribution in [0.2, 0.25) is 0 Å². The van der Waals surface area contributed by atoms with Crippen LogP contribution in [-0.2, 0) is 9.53 Å². The van der Waals surface area contributed by atoms with Gasteiger partial charge in [0.25, 0.3) is 0 Å². The standard InChI is InChI=1S/C22H31BrO2/c1-17(8-6-9-18(2)13-15-25-21(24)16-23)11-12-20-19(3)10-7-14-22(20,4)5/h6,8-9,11-13H,7,10,14-16H2,1-5H3/b9-6+,12-11+,17-8-,18-13-. The Labute approximate surface area is 161 Å². The van der Waals surface area contributed by atoms with Crippen molar-refractivity contribution in [2.75, 3.05) is 11.9 Å². The second-order valence-corrected chi connectivity index (χ2v) is 7.86. The van der Waals surface area contributed by atoms with E-state index in [2.05, 4.69) is 61.9 Å². The molecule has 2 nitrogen and oxygen atoms in total. The molecule has 0 aromatic rings. The maximum atomic E-state index is 11.0. The number of carbonyl (C=O) groups excluding carboxylic acids is 1. The number of rotatable bonds is 7. The molecule has 1 aliphatic rings. The van der Waals surface area contributed by atoms with Crippen LogP contribution in [0, 0.1) is 5.41 Å². The van der Waals surface area contributed by atoms with Gasteiger partial charge in [-0.3, -0.25) is 4.79 Å². The summed E-state index contributed by atoms with van der Waals surface area (Å²) in [5, 5.41) is 0.233. The zero-order valence-corrected chi connectivity index (χ0v) is 17.8. The van der Waals surface area contributed by atoms with Gasteiger partial charge in [-0.1, -0.05) is 76.9 Å². The van der Waals surface area contributed by atoms with Crippen LogP contribution in [0.25, 0.3) is 0 Å². The monoisotopic (exact) mass is 406 g/mol. The van der Waals surface area contributed by atoms with E-state index in [0.29, 0.717) is 6.61 Å². The summed E-state index contributed by atoms with van der Waals surface area (Å²) in [7, 11) is 0. The van der Waals surface area contributed by atoms with Crippen LogP contribution in [0.15, 0.2) is 58.7 Å². The molecule has 0 fully saturated rings. The maximum absolute atomic E-state index is 11.0. The number of ether oxygens (including phenoxy) is 1. The van der Waals surface area contributed by atoms with E-state index in [-0.39, 0.29) is 16.7 Å². The molecule has 25 heavy (non-hydrogen) atoms. The van der Waals surface area contributed by atoms with Crippen LogP contribution in [0.5, 0.6) is 0 Å². The lowest BCUT2D eigenvalue weighted by Crippen LogP contribution is -2.19. The Morgan fingerprint density at radius 2 is 1.96 bits per heavy atom. The lowest BCUT2D eigenvalue weighted by molar-refractivity contribution is -0.139. The zero-order valence-electron chi connectivity index (χ0n) is 16.2. The first-order valence-electron chi connectivity index (χ1n) is 8.88. The van der Waals surface area contributed by atoms with E-state index in [1.54, 1.807) is 0 Å². The van der Waals surface area contributed by atoms with Crippen LogP contribution in [0.4, 0.5) is 0 Å². The number of hydrogen-bond acceptors (Lipinski definition) is 2. The molecular weight excluding hydrogens is 376 g/mol. The van der Waals surface area contributed by atoms with Gasteiger partial charge in [-0.25, -0.2) is 0 Å². The molecule has 0 aromatic carbocycles. The summed E-state index contributed by atoms with van der Waals surface area (Å²) in [4.78, 5) is 11.0. The third kappa shape index (κ3) is 8.04. The molecule has 3 heteroatoms. The molecule has 0 radical (unpaired) electrons. The molecule has 0 aromatic heterocycles. The Kier molecular flexibility index (Phi) is 9.20. The van der Waals surface area contributed by atoms with Crippen LogP contribution in [0.1, 0.15) is 53.9 Å². The third-order valence-electron chi connectivity index (χ3n) is 4.53. The molecule has 138 valence electrons. The summed E-state index contributed by atoms with van der Waals surface area (Å²) >= 11 is 3.07. The first kappa shape index (κ1) is 21.7. The highest BCUT2D eigenvalue weighted by Gasteiger charge is 2.26. The number of alkyl halides is 1. The van der Waals surface area contributed by atoms with Crippen LogP contribution in [0.3, 0.4) is 0 Å². The van der Waals surface area contributed by atoms with Gasteiger partial charge < -0.3 is 4.74 Å². The fourth-order valence-corrected chi connectivity index (χ4v) is 3.17. The predicted molar refractivity (Wildman–Crippen MR) is 111 cm³/mol. The van der Waals surface area contributed by atoms with Crippen LogP contribution >= 0.6 is 15.9 Å². The molecule has 0 N–H and O–H groups in total. The summed E-state index contributed by atoms with van der Waals surface area (Å²) in [6, 6.07) is 0. The molecule has 1 rings (SSSR count). The van der Waals surface area contributed by atoms with Crippen molar-refractivity contribution in [3.63, 3.8) is 0 Å². The number of esters is 1. The van der Waals surface area contributed by atoms with Gasteiger partial charge in [0.05, 0.1) is 0 Å². The minimum atomic E-state index is -0.246. The lowest BCUT2D eigenvalue weighted by atomic mass is 9.72. The van der Waals surface area contributed by atoms with E-state index in [4.69, 9.17) is 4.74 Å². The SMILES string of the molecule is CC1=C(/C=C/C(C)=C\C=C\C(C)=C/COC(=O)CBr)C(C)(C)CCC1. The average molecular weight is 407 g/mol. The summed E-state index contributed by atoms with van der Waals surface area (Å²) in [6.45, 7) is 11.4. The van der Waals surface area contributed by atoms with Crippen LogP contribution in [-0.4, -0.2) is 17.9 Å². The Morgan fingerprint density at radius 3 is 2.60 bits per heavy atom. The van der Waals surface area contributed by atoms with Crippen molar-refractivity contribution in [2.24, 2.45) is 5.41 Å². The zero-order chi connectivity index (χ0) is 18.9. The smallest absolute Gasteiger partial charge is 0.316 e. The summed E-state index contributed by atoms with van der Waals surface area (Å²) < 4.78 is 5.00. The molecule has 0 saturated heterocycles. The quantitative estimate of drug-likeness (QED) is 0.275. The van der Waals surface area contributed by atoms with Crippen molar-refractivity contribution >= 4 is 21.9 Å². The van der Waals surface area contributed by atoms with Gasteiger partial charge in [0.1, 0.15) is 11.9 Å². The van der Waals surface area contributed by atoms with Gasteiger partial charge in [-0.15, -0.1) is 0 Å². The van der Waals surface area contributed by atoms with E-state index < -0.39 is 0 Å². The number of halogens is 1. The predicted octanol–water partition coefficient (Wildman–Crippen LogP) is 6.46. The minimum absolute atomic E-state index is 0.233. The van der Waals surface area contributed by atoms with Gasteiger partial charge in [0, 0.05) is 0 Å². The van der Waals surface area contributed by atoms with Crippen molar-refractivity contribution in [1.29, 1.82) is 0 Å². The highest BCUT2D eigenvalue weighted by molar-refractivity contribution is 9.09. The van der Waals surface area contributed by atoms with E-state index in [1.807, 2.05) is 25.2 Å². The summed E-state index contributed by atoms with van der Waals surface area (Å²) in [5.41, 5.74) is 5.58. The maximum Gasteiger partial charge on any atom is 0.316 e. The number of hydrogen-bond donors (Lipinski definition) is 0. The van der Waals surface area contributed by atoms with Crippen LogP contribution < -0.4 is 0 Å². The topological polar surface area (TPSA) is 26.3 Å². The minimum Gasteiger partial charge on any atom is -0.461 e. The summed E-state index contributed by atoms with van der Waals surface area (Å²) in [6.07, 6.45) is 16.3. The molecule has 0 amide bonds. The van der Waals surface area contributed by atoms with Gasteiger partial charge in [0.15, 0.2) is 0 Å². The highest BCUT2D eigenvalue weighted by Crippen LogP contribution is 2.40. The average Bonchev–Trinajstić information content (AvgIpc) is 2.53. The van der Waals surface area contributed by atoms with Crippen molar-refractivity contribution in [2.45, 2.75) is 53.9 Å². The van der Waals surface area contributed by atoms with Gasteiger partial charge in [-0.05, 0) is 57.1 Å². The fraction of sp³-hybridized carbons (Fsp3) is 0.500. The van der Waals surface area contributed by atoms with Crippen molar-refractivity contribution in [3.05, 3.63) is 58.7 Å². The Morgan fingerprint density at radius 1 is 1.24 bits per heavy atom. The van der Waals surface area contributed by atoms with Crippen molar-refractivity contribution < 1.29 is 9.53 Å². The second kappa shape index (κ2) is 10.6. The number of allylic oxidation sites excluding steroid dienone is 9. The van der Waals surface area contributed by atoms with E-state index in [9.17, 15) is 4.79 Å². The normalized spacial score (nSPS) is 19.1. The Hall–Kier alpha value is -1.35. The van der Waals surface area contributed by atoms with Gasteiger partial charge in [-0.2, -0.15) is 0 Å².